The summed E-state index contributed by atoms with van der Waals surface area (Å²) in [6.07, 6.45) is 2.80. The molecule has 0 radical (unpaired) electrons. The third kappa shape index (κ3) is 3.43. The number of carbonyl (C=O) groups is 2. The highest BCUT2D eigenvalue weighted by Gasteiger charge is 2.26. The molecule has 1 aromatic heterocycles. The highest BCUT2D eigenvalue weighted by atomic mass is 16.2. The number of amides is 2. The Kier molecular flexibility index (Phi) is 4.65. The number of nitrogens with two attached hydrogens (primary N) is 1. The summed E-state index contributed by atoms with van der Waals surface area (Å²) in [6, 6.07) is 0. The Morgan fingerprint density at radius 2 is 2.10 bits per heavy atom. The third-order valence-electron chi connectivity index (χ3n) is 4.42. The number of likely N-dealkylation sites (tertiary alicyclic amines) is 1. The molecule has 1 aliphatic rings. The predicted octanol–water partition coefficient (Wildman–Crippen LogP) is 0.693. The van der Waals surface area contributed by atoms with Gasteiger partial charge in [0.25, 0.3) is 0 Å². The smallest absolute Gasteiger partial charge is 0.222 e. The zero-order chi connectivity index (χ0) is 15.6. The molecule has 1 saturated heterocycles. The minimum Gasteiger partial charge on any atom is -0.369 e. The van der Waals surface area contributed by atoms with Gasteiger partial charge in [-0.3, -0.25) is 14.3 Å². The summed E-state index contributed by atoms with van der Waals surface area (Å²) in [5.41, 5.74) is 8.58. The first-order valence-electron chi connectivity index (χ1n) is 7.46. The molecule has 2 heterocycles. The van der Waals surface area contributed by atoms with Crippen LogP contribution in [0.5, 0.6) is 0 Å². The average molecular weight is 292 g/mol. The maximum Gasteiger partial charge on any atom is 0.222 e. The molecule has 0 unspecified atom stereocenters. The van der Waals surface area contributed by atoms with Crippen LogP contribution in [0.3, 0.4) is 0 Å². The Morgan fingerprint density at radius 3 is 2.67 bits per heavy atom. The van der Waals surface area contributed by atoms with Crippen LogP contribution < -0.4 is 5.73 Å². The molecule has 0 aromatic carbocycles. The van der Waals surface area contributed by atoms with Gasteiger partial charge >= 0.3 is 0 Å². The Morgan fingerprint density at radius 1 is 1.38 bits per heavy atom. The fourth-order valence-corrected chi connectivity index (χ4v) is 3.01. The van der Waals surface area contributed by atoms with E-state index >= 15 is 0 Å². The number of rotatable bonds is 4. The molecule has 2 amide bonds. The SMILES string of the molecule is Cc1nn(C)c(C)c1CCC(=O)N1CCC[C@@H](C(N)=O)C1. The van der Waals surface area contributed by atoms with Crippen molar-refractivity contribution in [2.45, 2.75) is 39.5 Å². The summed E-state index contributed by atoms with van der Waals surface area (Å²) in [6.45, 7) is 5.19. The molecule has 1 fully saturated rings. The number of carbonyl (C=O) groups excluding carboxylic acids is 2. The van der Waals surface area contributed by atoms with E-state index in [2.05, 4.69) is 5.10 Å². The maximum absolute atomic E-state index is 12.3. The zero-order valence-corrected chi connectivity index (χ0v) is 13.1. The fraction of sp³-hybridized carbons (Fsp3) is 0.667. The van der Waals surface area contributed by atoms with Crippen LogP contribution in [0.4, 0.5) is 0 Å². The lowest BCUT2D eigenvalue weighted by Crippen LogP contribution is -2.44. The van der Waals surface area contributed by atoms with Crippen molar-refractivity contribution in [1.29, 1.82) is 0 Å². The summed E-state index contributed by atoms with van der Waals surface area (Å²) >= 11 is 0. The van der Waals surface area contributed by atoms with Crippen LogP contribution in [0.15, 0.2) is 0 Å². The molecule has 6 nitrogen and oxygen atoms in total. The van der Waals surface area contributed by atoms with Gasteiger partial charge in [0.15, 0.2) is 0 Å². The number of aromatic nitrogens is 2. The van der Waals surface area contributed by atoms with Crippen molar-refractivity contribution in [3.8, 4) is 0 Å². The van der Waals surface area contributed by atoms with Gasteiger partial charge in [-0.25, -0.2) is 0 Å². The summed E-state index contributed by atoms with van der Waals surface area (Å²) in [7, 11) is 1.91. The van der Waals surface area contributed by atoms with E-state index in [9.17, 15) is 9.59 Å². The van der Waals surface area contributed by atoms with E-state index in [0.29, 0.717) is 19.4 Å². The van der Waals surface area contributed by atoms with E-state index in [1.165, 1.54) is 0 Å². The monoisotopic (exact) mass is 292 g/mol. The van der Waals surface area contributed by atoms with Gasteiger partial charge in [0.1, 0.15) is 0 Å². The minimum atomic E-state index is -0.300. The first-order valence-corrected chi connectivity index (χ1v) is 7.46. The van der Waals surface area contributed by atoms with Crippen molar-refractivity contribution in [2.24, 2.45) is 18.7 Å². The number of hydrogen-bond donors (Lipinski definition) is 1. The van der Waals surface area contributed by atoms with Crippen LogP contribution in [0.2, 0.25) is 0 Å². The molecular formula is C15H24N4O2. The van der Waals surface area contributed by atoms with Crippen molar-refractivity contribution < 1.29 is 9.59 Å². The van der Waals surface area contributed by atoms with Crippen molar-refractivity contribution in [2.75, 3.05) is 13.1 Å². The standard InChI is InChI=1S/C15H24N4O2/c1-10-13(11(2)18(3)17-10)6-7-14(20)19-8-4-5-12(9-19)15(16)21/h12H,4-9H2,1-3H3,(H2,16,21)/t12-/m1/s1. The van der Waals surface area contributed by atoms with Crippen LogP contribution in [-0.4, -0.2) is 39.6 Å². The third-order valence-corrected chi connectivity index (χ3v) is 4.42. The molecule has 1 aromatic rings. The molecule has 0 aliphatic carbocycles. The Bertz CT molecular complexity index is 550. The average Bonchev–Trinajstić information content (AvgIpc) is 2.70. The normalized spacial score (nSPS) is 18.8. The maximum atomic E-state index is 12.3. The molecule has 2 rings (SSSR count). The Balaban J connectivity index is 1.94. The van der Waals surface area contributed by atoms with Crippen LogP contribution in [0.1, 0.15) is 36.2 Å². The zero-order valence-electron chi connectivity index (χ0n) is 13.1. The Hall–Kier alpha value is -1.85. The molecule has 0 bridgehead atoms. The molecule has 1 aliphatic heterocycles. The van der Waals surface area contributed by atoms with Gasteiger partial charge in [0.2, 0.25) is 11.8 Å². The number of nitrogens with zero attached hydrogens (tertiary/aromatic N) is 3. The van der Waals surface area contributed by atoms with Crippen LogP contribution in [0.25, 0.3) is 0 Å². The molecule has 116 valence electrons. The van der Waals surface area contributed by atoms with E-state index in [0.717, 1.165) is 36.3 Å². The first-order chi connectivity index (χ1) is 9.90. The highest BCUT2D eigenvalue weighted by Crippen LogP contribution is 2.19. The van der Waals surface area contributed by atoms with Gasteiger partial charge in [-0.2, -0.15) is 5.10 Å². The summed E-state index contributed by atoms with van der Waals surface area (Å²) in [4.78, 5) is 25.4. The van der Waals surface area contributed by atoms with E-state index in [-0.39, 0.29) is 17.7 Å². The summed E-state index contributed by atoms with van der Waals surface area (Å²) in [5.74, 6) is -0.389. The van der Waals surface area contributed by atoms with Crippen molar-refractivity contribution >= 4 is 11.8 Å². The summed E-state index contributed by atoms with van der Waals surface area (Å²) in [5, 5.41) is 4.37. The van der Waals surface area contributed by atoms with E-state index in [1.54, 1.807) is 4.90 Å². The number of hydrogen-bond acceptors (Lipinski definition) is 3. The lowest BCUT2D eigenvalue weighted by Gasteiger charge is -2.31. The van der Waals surface area contributed by atoms with Gasteiger partial charge in [-0.15, -0.1) is 0 Å². The quantitative estimate of drug-likeness (QED) is 0.886. The van der Waals surface area contributed by atoms with E-state index in [4.69, 9.17) is 5.73 Å². The second kappa shape index (κ2) is 6.28. The van der Waals surface area contributed by atoms with E-state index in [1.807, 2.05) is 25.6 Å². The fourth-order valence-electron chi connectivity index (χ4n) is 3.01. The molecule has 2 N–H and O–H groups in total. The van der Waals surface area contributed by atoms with Gasteiger partial charge < -0.3 is 10.6 Å². The Labute approximate surface area is 125 Å². The van der Waals surface area contributed by atoms with Gasteiger partial charge in [-0.1, -0.05) is 0 Å². The second-order valence-corrected chi connectivity index (χ2v) is 5.85. The van der Waals surface area contributed by atoms with Crippen molar-refractivity contribution in [1.82, 2.24) is 14.7 Å². The topological polar surface area (TPSA) is 81.2 Å². The van der Waals surface area contributed by atoms with Crippen molar-refractivity contribution in [3.05, 3.63) is 17.0 Å². The minimum absolute atomic E-state index is 0.101. The molecule has 1 atom stereocenters. The molecular weight excluding hydrogens is 268 g/mol. The highest BCUT2D eigenvalue weighted by molar-refractivity contribution is 5.80. The van der Waals surface area contributed by atoms with Gasteiger partial charge in [0, 0.05) is 32.3 Å². The largest absolute Gasteiger partial charge is 0.369 e. The lowest BCUT2D eigenvalue weighted by atomic mass is 9.97. The number of piperidine rings is 1. The van der Waals surface area contributed by atoms with Gasteiger partial charge in [0.05, 0.1) is 11.6 Å². The molecule has 0 saturated carbocycles. The van der Waals surface area contributed by atoms with Crippen LogP contribution >= 0.6 is 0 Å². The van der Waals surface area contributed by atoms with Crippen LogP contribution in [-0.2, 0) is 23.1 Å². The van der Waals surface area contributed by atoms with E-state index < -0.39 is 0 Å². The predicted molar refractivity (Wildman–Crippen MR) is 79.5 cm³/mol. The number of aryl methyl sites for hydroxylation is 2. The molecule has 21 heavy (non-hydrogen) atoms. The van der Waals surface area contributed by atoms with Crippen LogP contribution in [0, 0.1) is 19.8 Å². The summed E-state index contributed by atoms with van der Waals surface area (Å²) < 4.78 is 1.85. The molecule has 6 heteroatoms. The number of primary amides is 1. The first kappa shape index (κ1) is 15.5. The van der Waals surface area contributed by atoms with Crippen molar-refractivity contribution in [3.63, 3.8) is 0 Å². The molecule has 0 spiro atoms. The van der Waals surface area contributed by atoms with Gasteiger partial charge in [-0.05, 0) is 38.7 Å². The second-order valence-electron chi connectivity index (χ2n) is 5.85. The lowest BCUT2D eigenvalue weighted by molar-refractivity contribution is -0.134.